The highest BCUT2D eigenvalue weighted by Gasteiger charge is 2.09. The summed E-state index contributed by atoms with van der Waals surface area (Å²) in [6, 6.07) is 13.3. The van der Waals surface area contributed by atoms with Gasteiger partial charge in [0.1, 0.15) is 35.4 Å². The van der Waals surface area contributed by atoms with Gasteiger partial charge in [0.2, 0.25) is 0 Å². The number of ether oxygens (including phenoxy) is 1. The van der Waals surface area contributed by atoms with E-state index in [1.54, 1.807) is 12.1 Å². The van der Waals surface area contributed by atoms with Crippen molar-refractivity contribution in [1.29, 1.82) is 0 Å². The van der Waals surface area contributed by atoms with Crippen LogP contribution in [0.15, 0.2) is 59.0 Å². The van der Waals surface area contributed by atoms with Gasteiger partial charge in [-0.05, 0) is 73.5 Å². The predicted molar refractivity (Wildman–Crippen MR) is 102 cm³/mol. The number of phenolic OH excluding ortho intramolecular Hbond substituents is 2. The maximum absolute atomic E-state index is 12.1. The van der Waals surface area contributed by atoms with Gasteiger partial charge >= 0.3 is 0 Å². The standard InChI is InChI=1S/C22H20O5/c1-14-9-15(2)11-19(10-14)26-13-18-5-4-17(27-18)6-8-21(24)20-7-3-16(23)12-22(20)25/h3-12,23,25H,13H2,1-2H3/b8-6+. The molecular weight excluding hydrogens is 344 g/mol. The number of aromatic hydroxyl groups is 2. The van der Waals surface area contributed by atoms with Gasteiger partial charge < -0.3 is 19.4 Å². The van der Waals surface area contributed by atoms with Crippen LogP contribution in [0, 0.1) is 13.8 Å². The molecular formula is C22H20O5. The van der Waals surface area contributed by atoms with Crippen LogP contribution in [0.2, 0.25) is 0 Å². The van der Waals surface area contributed by atoms with E-state index in [9.17, 15) is 15.0 Å². The average Bonchev–Trinajstić information content (AvgIpc) is 3.05. The lowest BCUT2D eigenvalue weighted by molar-refractivity contribution is 0.104. The summed E-state index contributed by atoms with van der Waals surface area (Å²) in [4.78, 5) is 12.1. The average molecular weight is 364 g/mol. The van der Waals surface area contributed by atoms with Crippen molar-refractivity contribution in [2.75, 3.05) is 0 Å². The fourth-order valence-corrected chi connectivity index (χ4v) is 2.71. The Hall–Kier alpha value is -3.47. The van der Waals surface area contributed by atoms with Crippen molar-refractivity contribution in [2.45, 2.75) is 20.5 Å². The zero-order valence-corrected chi connectivity index (χ0v) is 15.1. The zero-order valence-electron chi connectivity index (χ0n) is 15.1. The number of carbonyl (C=O) groups is 1. The number of hydrogen-bond donors (Lipinski definition) is 2. The molecule has 0 saturated carbocycles. The van der Waals surface area contributed by atoms with E-state index in [-0.39, 0.29) is 23.7 Å². The maximum atomic E-state index is 12.1. The lowest BCUT2D eigenvalue weighted by Crippen LogP contribution is -1.95. The molecule has 3 rings (SSSR count). The molecule has 2 aromatic carbocycles. The second-order valence-electron chi connectivity index (χ2n) is 6.32. The van der Waals surface area contributed by atoms with Crippen LogP contribution in [0.3, 0.4) is 0 Å². The minimum absolute atomic E-state index is 0.104. The van der Waals surface area contributed by atoms with E-state index in [1.807, 2.05) is 26.0 Å². The summed E-state index contributed by atoms with van der Waals surface area (Å²) in [6.07, 6.45) is 2.83. The van der Waals surface area contributed by atoms with E-state index in [2.05, 4.69) is 6.07 Å². The van der Waals surface area contributed by atoms with Crippen molar-refractivity contribution in [3.8, 4) is 17.2 Å². The number of rotatable bonds is 6. The van der Waals surface area contributed by atoms with Crippen LogP contribution in [-0.2, 0) is 6.61 Å². The smallest absolute Gasteiger partial charge is 0.189 e. The fraction of sp³-hybridized carbons (Fsp3) is 0.136. The topological polar surface area (TPSA) is 79.9 Å². The summed E-state index contributed by atoms with van der Waals surface area (Å²) in [5, 5.41) is 19.0. The minimum Gasteiger partial charge on any atom is -0.508 e. The number of furan rings is 1. The van der Waals surface area contributed by atoms with Crippen molar-refractivity contribution in [2.24, 2.45) is 0 Å². The van der Waals surface area contributed by atoms with Crippen LogP contribution in [0.25, 0.3) is 6.08 Å². The predicted octanol–water partition coefficient (Wildman–Crippen LogP) is 4.78. The van der Waals surface area contributed by atoms with Crippen molar-refractivity contribution in [3.63, 3.8) is 0 Å². The third-order valence-corrected chi connectivity index (χ3v) is 3.90. The molecule has 0 unspecified atom stereocenters. The Bertz CT molecular complexity index is 977. The van der Waals surface area contributed by atoms with Crippen molar-refractivity contribution in [1.82, 2.24) is 0 Å². The summed E-state index contributed by atoms with van der Waals surface area (Å²) >= 11 is 0. The number of allylic oxidation sites excluding steroid dienone is 1. The van der Waals surface area contributed by atoms with Crippen LogP contribution < -0.4 is 4.74 Å². The number of ketones is 1. The number of benzene rings is 2. The number of hydrogen-bond acceptors (Lipinski definition) is 5. The van der Waals surface area contributed by atoms with Crippen molar-refractivity contribution in [3.05, 3.63) is 82.8 Å². The van der Waals surface area contributed by atoms with Crippen molar-refractivity contribution < 1.29 is 24.2 Å². The molecule has 5 heteroatoms. The van der Waals surface area contributed by atoms with Gasteiger partial charge in [0.05, 0.1) is 5.56 Å². The highest BCUT2D eigenvalue weighted by molar-refractivity contribution is 6.08. The third-order valence-electron chi connectivity index (χ3n) is 3.90. The SMILES string of the molecule is Cc1cc(C)cc(OCc2ccc(/C=C/C(=O)c3ccc(O)cc3O)o2)c1. The molecule has 0 fully saturated rings. The van der Waals surface area contributed by atoms with E-state index in [0.717, 1.165) is 22.9 Å². The first kappa shape index (κ1) is 18.3. The summed E-state index contributed by atoms with van der Waals surface area (Å²) < 4.78 is 11.4. The Morgan fingerprint density at radius 1 is 1.04 bits per heavy atom. The largest absolute Gasteiger partial charge is 0.508 e. The lowest BCUT2D eigenvalue weighted by Gasteiger charge is -2.06. The summed E-state index contributed by atoms with van der Waals surface area (Å²) in [5.74, 6) is 1.14. The van der Waals surface area contributed by atoms with Crippen LogP contribution in [0.5, 0.6) is 17.2 Å². The molecule has 138 valence electrons. The van der Waals surface area contributed by atoms with Gasteiger partial charge in [-0.15, -0.1) is 0 Å². The minimum atomic E-state index is -0.392. The van der Waals surface area contributed by atoms with Crippen LogP contribution in [-0.4, -0.2) is 16.0 Å². The molecule has 0 radical (unpaired) electrons. The normalized spacial score (nSPS) is 11.0. The highest BCUT2D eigenvalue weighted by Crippen LogP contribution is 2.24. The van der Waals surface area contributed by atoms with Crippen LogP contribution in [0.1, 0.15) is 33.0 Å². The first-order chi connectivity index (χ1) is 12.9. The maximum Gasteiger partial charge on any atom is 0.189 e. The third kappa shape index (κ3) is 4.79. The van der Waals surface area contributed by atoms with E-state index in [0.29, 0.717) is 11.5 Å². The Morgan fingerprint density at radius 3 is 2.48 bits per heavy atom. The molecule has 0 spiro atoms. The first-order valence-corrected chi connectivity index (χ1v) is 8.45. The van der Waals surface area contributed by atoms with E-state index < -0.39 is 5.78 Å². The number of phenols is 2. The first-order valence-electron chi connectivity index (χ1n) is 8.45. The van der Waals surface area contributed by atoms with Gasteiger partial charge in [-0.1, -0.05) is 6.07 Å². The molecule has 0 atom stereocenters. The summed E-state index contributed by atoms with van der Waals surface area (Å²) in [5.41, 5.74) is 2.36. The highest BCUT2D eigenvalue weighted by atomic mass is 16.5. The van der Waals surface area contributed by atoms with Gasteiger partial charge in [-0.25, -0.2) is 0 Å². The molecule has 1 heterocycles. The molecule has 0 bridgehead atoms. The quantitative estimate of drug-likeness (QED) is 0.486. The molecule has 0 aliphatic rings. The Balaban J connectivity index is 1.63. The van der Waals surface area contributed by atoms with Gasteiger partial charge in [0, 0.05) is 6.07 Å². The second-order valence-corrected chi connectivity index (χ2v) is 6.32. The van der Waals surface area contributed by atoms with Gasteiger partial charge in [-0.2, -0.15) is 0 Å². The molecule has 3 aromatic rings. The molecule has 0 saturated heterocycles. The van der Waals surface area contributed by atoms with Crippen LogP contribution in [0.4, 0.5) is 0 Å². The molecule has 0 amide bonds. The zero-order chi connectivity index (χ0) is 19.4. The van der Waals surface area contributed by atoms with Crippen molar-refractivity contribution >= 4 is 11.9 Å². The Morgan fingerprint density at radius 2 is 1.78 bits per heavy atom. The molecule has 0 aliphatic carbocycles. The molecule has 27 heavy (non-hydrogen) atoms. The molecule has 0 aliphatic heterocycles. The van der Waals surface area contributed by atoms with E-state index >= 15 is 0 Å². The van der Waals surface area contributed by atoms with Gasteiger partial charge in [0.25, 0.3) is 0 Å². The van der Waals surface area contributed by atoms with E-state index in [1.165, 1.54) is 24.3 Å². The van der Waals surface area contributed by atoms with Crippen LogP contribution >= 0.6 is 0 Å². The number of aryl methyl sites for hydroxylation is 2. The fourth-order valence-electron chi connectivity index (χ4n) is 2.71. The molecule has 2 N–H and O–H groups in total. The Labute approximate surface area is 157 Å². The second kappa shape index (κ2) is 7.83. The Kier molecular flexibility index (Phi) is 5.31. The summed E-state index contributed by atoms with van der Waals surface area (Å²) in [7, 11) is 0. The van der Waals surface area contributed by atoms with Gasteiger partial charge in [-0.3, -0.25) is 4.79 Å². The molecule has 5 nitrogen and oxygen atoms in total. The summed E-state index contributed by atoms with van der Waals surface area (Å²) in [6.45, 7) is 4.31. The van der Waals surface area contributed by atoms with E-state index in [4.69, 9.17) is 9.15 Å². The monoisotopic (exact) mass is 364 g/mol. The van der Waals surface area contributed by atoms with Gasteiger partial charge in [0.15, 0.2) is 5.78 Å². The lowest BCUT2D eigenvalue weighted by atomic mass is 10.1. The molecule has 1 aromatic heterocycles. The number of carbonyl (C=O) groups excluding carboxylic acids is 1.